The molecule has 0 saturated carbocycles. The third-order valence-electron chi connectivity index (χ3n) is 3.04. The van der Waals surface area contributed by atoms with Gasteiger partial charge in [0.25, 0.3) is 0 Å². The zero-order valence-electron chi connectivity index (χ0n) is 10.7. The molecule has 1 aliphatic rings. The van der Waals surface area contributed by atoms with Crippen molar-refractivity contribution in [1.29, 1.82) is 0 Å². The molecule has 1 aromatic rings. The van der Waals surface area contributed by atoms with Crippen LogP contribution in [0.1, 0.15) is 12.8 Å². The van der Waals surface area contributed by atoms with Crippen LogP contribution in [-0.4, -0.2) is 32.7 Å². The average molecular weight is 250 g/mol. The topological polar surface area (TPSA) is 59.6 Å². The summed E-state index contributed by atoms with van der Waals surface area (Å²) in [5.41, 5.74) is 0.664. The molecule has 1 aliphatic heterocycles. The van der Waals surface area contributed by atoms with E-state index in [1.807, 2.05) is 0 Å². The lowest BCUT2D eigenvalue weighted by Gasteiger charge is -2.14. The molecule has 2 N–H and O–H groups in total. The van der Waals surface area contributed by atoms with Gasteiger partial charge in [0.1, 0.15) is 11.5 Å². The van der Waals surface area contributed by atoms with Crippen molar-refractivity contribution >= 4 is 11.6 Å². The van der Waals surface area contributed by atoms with Gasteiger partial charge in [-0.3, -0.25) is 4.79 Å². The molecule has 1 atom stereocenters. The predicted octanol–water partition coefficient (Wildman–Crippen LogP) is 1.39. The van der Waals surface area contributed by atoms with E-state index in [-0.39, 0.29) is 11.9 Å². The fourth-order valence-corrected chi connectivity index (χ4v) is 2.03. The lowest BCUT2D eigenvalue weighted by Crippen LogP contribution is -2.35. The van der Waals surface area contributed by atoms with Crippen molar-refractivity contribution in [3.63, 3.8) is 0 Å². The van der Waals surface area contributed by atoms with Gasteiger partial charge >= 0.3 is 0 Å². The lowest BCUT2D eigenvalue weighted by atomic mass is 10.2. The van der Waals surface area contributed by atoms with Gasteiger partial charge in [-0.15, -0.1) is 0 Å². The molecule has 1 fully saturated rings. The van der Waals surface area contributed by atoms with E-state index in [4.69, 9.17) is 9.47 Å². The largest absolute Gasteiger partial charge is 0.497 e. The first-order valence-electron chi connectivity index (χ1n) is 6.01. The van der Waals surface area contributed by atoms with Gasteiger partial charge in [-0.25, -0.2) is 0 Å². The minimum Gasteiger partial charge on any atom is -0.497 e. The predicted molar refractivity (Wildman–Crippen MR) is 69.2 cm³/mol. The molecular weight excluding hydrogens is 232 g/mol. The van der Waals surface area contributed by atoms with Gasteiger partial charge in [-0.05, 0) is 31.5 Å². The van der Waals surface area contributed by atoms with Crippen LogP contribution in [0, 0.1) is 0 Å². The molecule has 1 aromatic carbocycles. The Morgan fingerprint density at radius 2 is 2.22 bits per heavy atom. The van der Waals surface area contributed by atoms with Crippen LogP contribution >= 0.6 is 0 Å². The molecule has 18 heavy (non-hydrogen) atoms. The summed E-state index contributed by atoms with van der Waals surface area (Å²) in [5.74, 6) is 1.28. The first-order chi connectivity index (χ1) is 8.74. The fourth-order valence-electron chi connectivity index (χ4n) is 2.03. The number of methoxy groups -OCH3 is 2. The third kappa shape index (κ3) is 2.73. The number of carbonyl (C=O) groups is 1. The van der Waals surface area contributed by atoms with E-state index >= 15 is 0 Å². The van der Waals surface area contributed by atoms with Crippen molar-refractivity contribution in [3.8, 4) is 11.5 Å². The number of carbonyl (C=O) groups excluding carboxylic acids is 1. The maximum atomic E-state index is 12.0. The molecule has 0 aliphatic carbocycles. The Labute approximate surface area is 106 Å². The minimum atomic E-state index is -0.100. The minimum absolute atomic E-state index is 0.0176. The second-order valence-electron chi connectivity index (χ2n) is 4.20. The fraction of sp³-hybridized carbons (Fsp3) is 0.462. The molecule has 0 bridgehead atoms. The summed E-state index contributed by atoms with van der Waals surface area (Å²) in [4.78, 5) is 12.0. The smallest absolute Gasteiger partial charge is 0.241 e. The first kappa shape index (κ1) is 12.7. The van der Waals surface area contributed by atoms with Crippen LogP contribution in [0.4, 0.5) is 5.69 Å². The summed E-state index contributed by atoms with van der Waals surface area (Å²) in [6.07, 6.45) is 1.92. The lowest BCUT2D eigenvalue weighted by molar-refractivity contribution is -0.117. The maximum absolute atomic E-state index is 12.0. The molecule has 0 unspecified atom stereocenters. The van der Waals surface area contributed by atoms with Crippen LogP contribution in [0.25, 0.3) is 0 Å². The quantitative estimate of drug-likeness (QED) is 0.848. The van der Waals surface area contributed by atoms with Crippen LogP contribution in [-0.2, 0) is 4.79 Å². The summed E-state index contributed by atoms with van der Waals surface area (Å²) in [6, 6.07) is 5.22. The average Bonchev–Trinajstić information content (AvgIpc) is 2.93. The molecule has 5 heteroatoms. The number of hydrogen-bond acceptors (Lipinski definition) is 4. The number of anilines is 1. The highest BCUT2D eigenvalue weighted by Crippen LogP contribution is 2.29. The van der Waals surface area contributed by atoms with Crippen LogP contribution in [0.3, 0.4) is 0 Å². The van der Waals surface area contributed by atoms with Crippen molar-refractivity contribution in [2.24, 2.45) is 0 Å². The third-order valence-corrected chi connectivity index (χ3v) is 3.04. The van der Waals surface area contributed by atoms with Crippen LogP contribution in [0.2, 0.25) is 0 Å². The van der Waals surface area contributed by atoms with Gasteiger partial charge in [0.05, 0.1) is 25.9 Å². The Bertz CT molecular complexity index is 428. The summed E-state index contributed by atoms with van der Waals surface area (Å²) in [6.45, 7) is 0.901. The van der Waals surface area contributed by atoms with Gasteiger partial charge in [-0.1, -0.05) is 0 Å². The molecule has 2 rings (SSSR count). The number of amides is 1. The number of rotatable bonds is 4. The standard InChI is InChI=1S/C13H18N2O3/c1-17-9-5-6-10(12(8-9)18-2)15-13(16)11-4-3-7-14-11/h5-6,8,11,14H,3-4,7H2,1-2H3,(H,15,16)/t11-/m1/s1. The van der Waals surface area contributed by atoms with E-state index in [0.717, 1.165) is 19.4 Å². The molecule has 5 nitrogen and oxygen atoms in total. The van der Waals surface area contributed by atoms with Crippen molar-refractivity contribution in [1.82, 2.24) is 5.32 Å². The Hall–Kier alpha value is -1.75. The van der Waals surface area contributed by atoms with Crippen molar-refractivity contribution in [2.45, 2.75) is 18.9 Å². The number of ether oxygens (including phenoxy) is 2. The van der Waals surface area contributed by atoms with Gasteiger partial charge in [0.15, 0.2) is 0 Å². The van der Waals surface area contributed by atoms with Crippen LogP contribution in [0.5, 0.6) is 11.5 Å². The summed E-state index contributed by atoms with van der Waals surface area (Å²) >= 11 is 0. The normalized spacial score (nSPS) is 18.4. The van der Waals surface area contributed by atoms with Crippen molar-refractivity contribution < 1.29 is 14.3 Å². The highest BCUT2D eigenvalue weighted by Gasteiger charge is 2.22. The molecule has 1 amide bonds. The Kier molecular flexibility index (Phi) is 4.04. The molecule has 0 aromatic heterocycles. The Balaban J connectivity index is 2.10. The Morgan fingerprint density at radius 3 is 2.83 bits per heavy atom. The van der Waals surface area contributed by atoms with Gasteiger partial charge in [0.2, 0.25) is 5.91 Å². The monoisotopic (exact) mass is 250 g/mol. The summed E-state index contributed by atoms with van der Waals surface area (Å²) < 4.78 is 10.3. The zero-order valence-corrected chi connectivity index (χ0v) is 10.7. The molecule has 0 spiro atoms. The second-order valence-corrected chi connectivity index (χ2v) is 4.20. The second kappa shape index (κ2) is 5.73. The number of hydrogen-bond donors (Lipinski definition) is 2. The van der Waals surface area contributed by atoms with E-state index in [2.05, 4.69) is 10.6 Å². The first-order valence-corrected chi connectivity index (χ1v) is 6.01. The van der Waals surface area contributed by atoms with E-state index in [0.29, 0.717) is 17.2 Å². The van der Waals surface area contributed by atoms with Gasteiger partial charge in [-0.2, -0.15) is 0 Å². The van der Waals surface area contributed by atoms with E-state index in [9.17, 15) is 4.79 Å². The van der Waals surface area contributed by atoms with E-state index in [1.165, 1.54) is 0 Å². The highest BCUT2D eigenvalue weighted by atomic mass is 16.5. The molecule has 98 valence electrons. The zero-order chi connectivity index (χ0) is 13.0. The number of nitrogens with one attached hydrogen (secondary N) is 2. The van der Waals surface area contributed by atoms with Crippen LogP contribution in [0.15, 0.2) is 18.2 Å². The summed E-state index contributed by atoms with van der Waals surface area (Å²) in [7, 11) is 3.16. The Morgan fingerprint density at radius 1 is 1.39 bits per heavy atom. The number of benzene rings is 1. The van der Waals surface area contributed by atoms with Gasteiger partial charge in [0, 0.05) is 6.07 Å². The van der Waals surface area contributed by atoms with E-state index in [1.54, 1.807) is 32.4 Å². The molecule has 1 saturated heterocycles. The molecule has 1 heterocycles. The maximum Gasteiger partial charge on any atom is 0.241 e. The van der Waals surface area contributed by atoms with Crippen molar-refractivity contribution in [2.75, 3.05) is 26.1 Å². The summed E-state index contributed by atoms with van der Waals surface area (Å²) in [5, 5.41) is 6.03. The molecular formula is C13H18N2O3. The highest BCUT2D eigenvalue weighted by molar-refractivity contribution is 5.96. The van der Waals surface area contributed by atoms with Crippen molar-refractivity contribution in [3.05, 3.63) is 18.2 Å². The SMILES string of the molecule is COc1ccc(NC(=O)[C@H]2CCCN2)c(OC)c1. The van der Waals surface area contributed by atoms with Gasteiger partial charge < -0.3 is 20.1 Å². The van der Waals surface area contributed by atoms with Crippen LogP contribution < -0.4 is 20.1 Å². The van der Waals surface area contributed by atoms with E-state index < -0.39 is 0 Å². The molecule has 0 radical (unpaired) electrons.